The van der Waals surface area contributed by atoms with Crippen LogP contribution in [0.1, 0.15) is 23.2 Å². The zero-order valence-corrected chi connectivity index (χ0v) is 17.2. The van der Waals surface area contributed by atoms with Crippen LogP contribution in [0.4, 0.5) is 0 Å². The maximum atomic E-state index is 13.1. The summed E-state index contributed by atoms with van der Waals surface area (Å²) in [6.07, 6.45) is 1.50. The molecule has 0 spiro atoms. The number of rotatable bonds is 5. The summed E-state index contributed by atoms with van der Waals surface area (Å²) in [6.45, 7) is 2.18. The van der Waals surface area contributed by atoms with E-state index < -0.39 is 5.97 Å². The van der Waals surface area contributed by atoms with E-state index in [1.165, 1.54) is 22.2 Å². The highest BCUT2D eigenvalue weighted by Gasteiger charge is 2.16. The summed E-state index contributed by atoms with van der Waals surface area (Å²) in [4.78, 5) is 29.9. The van der Waals surface area contributed by atoms with Gasteiger partial charge in [-0.25, -0.2) is 9.78 Å². The van der Waals surface area contributed by atoms with E-state index in [1.807, 2.05) is 29.6 Å². The topological polar surface area (TPSA) is 74.3 Å². The third-order valence-corrected chi connectivity index (χ3v) is 5.60. The molecule has 0 bridgehead atoms. The standard InChI is InChI=1S/C20H15BrN2O4S/c1-2-26-20(25)16-8-7-14(27-16)9-23-11-22-18-17(19(23)24)15(10-28-18)12-3-5-13(21)6-4-12/h3-8,10-11H,2,9H2,1H3. The Balaban J connectivity index is 1.70. The molecule has 0 unspecified atom stereocenters. The number of ether oxygens (including phenoxy) is 1. The molecule has 0 aliphatic rings. The van der Waals surface area contributed by atoms with Crippen LogP contribution in [-0.2, 0) is 11.3 Å². The first-order valence-corrected chi connectivity index (χ1v) is 10.2. The first kappa shape index (κ1) is 18.6. The van der Waals surface area contributed by atoms with Crippen molar-refractivity contribution in [2.75, 3.05) is 6.61 Å². The largest absolute Gasteiger partial charge is 0.460 e. The minimum absolute atomic E-state index is 0.116. The lowest BCUT2D eigenvalue weighted by molar-refractivity contribution is 0.0488. The molecule has 142 valence electrons. The van der Waals surface area contributed by atoms with E-state index in [1.54, 1.807) is 19.1 Å². The van der Waals surface area contributed by atoms with Crippen LogP contribution in [-0.4, -0.2) is 22.1 Å². The molecule has 0 amide bonds. The van der Waals surface area contributed by atoms with Crippen LogP contribution in [0.15, 0.2) is 61.8 Å². The summed E-state index contributed by atoms with van der Waals surface area (Å²) in [5.41, 5.74) is 1.65. The van der Waals surface area contributed by atoms with Crippen molar-refractivity contribution in [2.45, 2.75) is 13.5 Å². The van der Waals surface area contributed by atoms with Crippen molar-refractivity contribution in [3.63, 3.8) is 0 Å². The molecule has 0 atom stereocenters. The number of aromatic nitrogens is 2. The second-order valence-corrected chi connectivity index (χ2v) is 7.77. The molecule has 0 saturated carbocycles. The highest BCUT2D eigenvalue weighted by molar-refractivity contribution is 9.10. The number of esters is 1. The zero-order chi connectivity index (χ0) is 19.7. The van der Waals surface area contributed by atoms with Crippen molar-refractivity contribution in [3.05, 3.63) is 74.5 Å². The van der Waals surface area contributed by atoms with Gasteiger partial charge >= 0.3 is 5.97 Å². The number of hydrogen-bond acceptors (Lipinski definition) is 6. The SMILES string of the molecule is CCOC(=O)c1ccc(Cn2cnc3scc(-c4ccc(Br)cc4)c3c2=O)o1. The van der Waals surface area contributed by atoms with Crippen molar-refractivity contribution in [2.24, 2.45) is 0 Å². The maximum Gasteiger partial charge on any atom is 0.374 e. The molecular weight excluding hydrogens is 444 g/mol. The highest BCUT2D eigenvalue weighted by atomic mass is 79.9. The molecule has 0 aliphatic heterocycles. The first-order chi connectivity index (χ1) is 13.6. The summed E-state index contributed by atoms with van der Waals surface area (Å²) < 4.78 is 12.9. The highest BCUT2D eigenvalue weighted by Crippen LogP contribution is 2.31. The molecular formula is C20H15BrN2O4S. The number of furan rings is 1. The lowest BCUT2D eigenvalue weighted by Gasteiger charge is -2.05. The second-order valence-electron chi connectivity index (χ2n) is 6.00. The molecule has 3 aromatic heterocycles. The minimum atomic E-state index is -0.523. The van der Waals surface area contributed by atoms with Gasteiger partial charge in [0.1, 0.15) is 10.6 Å². The number of thiophene rings is 1. The van der Waals surface area contributed by atoms with Gasteiger partial charge in [0.15, 0.2) is 0 Å². The van der Waals surface area contributed by atoms with Gasteiger partial charge in [0.2, 0.25) is 5.76 Å². The van der Waals surface area contributed by atoms with Crippen molar-refractivity contribution in [3.8, 4) is 11.1 Å². The number of fused-ring (bicyclic) bond motifs is 1. The fourth-order valence-electron chi connectivity index (χ4n) is 2.86. The normalized spacial score (nSPS) is 11.1. The number of halogens is 1. The van der Waals surface area contributed by atoms with Gasteiger partial charge in [-0.05, 0) is 36.8 Å². The van der Waals surface area contributed by atoms with E-state index in [-0.39, 0.29) is 24.5 Å². The average Bonchev–Trinajstić information content (AvgIpc) is 3.32. The summed E-state index contributed by atoms with van der Waals surface area (Å²) in [6, 6.07) is 11.0. The third kappa shape index (κ3) is 3.53. The fourth-order valence-corrected chi connectivity index (χ4v) is 4.04. The Kier molecular flexibility index (Phi) is 5.15. The van der Waals surface area contributed by atoms with E-state index in [2.05, 4.69) is 20.9 Å². The Morgan fingerprint density at radius 3 is 2.79 bits per heavy atom. The predicted molar refractivity (Wildman–Crippen MR) is 111 cm³/mol. The Bertz CT molecular complexity index is 1210. The Morgan fingerprint density at radius 2 is 2.04 bits per heavy atom. The molecule has 1 aromatic carbocycles. The summed E-state index contributed by atoms with van der Waals surface area (Å²) in [5.74, 6) is 0.0711. The second kappa shape index (κ2) is 7.73. The van der Waals surface area contributed by atoms with E-state index in [9.17, 15) is 9.59 Å². The van der Waals surface area contributed by atoms with Crippen molar-refractivity contribution in [1.29, 1.82) is 0 Å². The van der Waals surface area contributed by atoms with Gasteiger partial charge in [-0.15, -0.1) is 11.3 Å². The number of hydrogen-bond donors (Lipinski definition) is 0. The van der Waals surface area contributed by atoms with Gasteiger partial charge < -0.3 is 9.15 Å². The number of nitrogens with zero attached hydrogens (tertiary/aromatic N) is 2. The fraction of sp³-hybridized carbons (Fsp3) is 0.150. The van der Waals surface area contributed by atoms with Crippen molar-refractivity contribution < 1.29 is 13.9 Å². The molecule has 0 saturated heterocycles. The van der Waals surface area contributed by atoms with Crippen LogP contribution in [0.2, 0.25) is 0 Å². The Hall–Kier alpha value is -2.71. The minimum Gasteiger partial charge on any atom is -0.460 e. The van der Waals surface area contributed by atoms with E-state index in [0.29, 0.717) is 16.0 Å². The van der Waals surface area contributed by atoms with Gasteiger partial charge in [-0.1, -0.05) is 28.1 Å². The van der Waals surface area contributed by atoms with Gasteiger partial charge in [0, 0.05) is 15.4 Å². The van der Waals surface area contributed by atoms with Crippen molar-refractivity contribution >= 4 is 43.5 Å². The Morgan fingerprint density at radius 1 is 1.25 bits per heavy atom. The molecule has 3 heterocycles. The van der Waals surface area contributed by atoms with Crippen LogP contribution < -0.4 is 5.56 Å². The molecule has 28 heavy (non-hydrogen) atoms. The monoisotopic (exact) mass is 458 g/mol. The van der Waals surface area contributed by atoms with Gasteiger partial charge in [0.25, 0.3) is 5.56 Å². The van der Waals surface area contributed by atoms with Crippen molar-refractivity contribution in [1.82, 2.24) is 9.55 Å². The number of benzene rings is 1. The van der Waals surface area contributed by atoms with Crippen LogP contribution in [0.25, 0.3) is 21.3 Å². The predicted octanol–water partition coefficient (Wildman–Crippen LogP) is 4.71. The lowest BCUT2D eigenvalue weighted by atomic mass is 10.1. The molecule has 0 aliphatic carbocycles. The molecule has 0 radical (unpaired) electrons. The molecule has 0 N–H and O–H groups in total. The maximum absolute atomic E-state index is 13.1. The van der Waals surface area contributed by atoms with Crippen LogP contribution in [0, 0.1) is 0 Å². The molecule has 8 heteroatoms. The molecule has 0 fully saturated rings. The van der Waals surface area contributed by atoms with Crippen LogP contribution in [0.3, 0.4) is 0 Å². The lowest BCUT2D eigenvalue weighted by Crippen LogP contribution is -2.20. The molecule has 4 rings (SSSR count). The summed E-state index contributed by atoms with van der Waals surface area (Å²) >= 11 is 4.86. The Labute approximate surface area is 172 Å². The third-order valence-electron chi connectivity index (χ3n) is 4.18. The van der Waals surface area contributed by atoms with Gasteiger partial charge in [-0.2, -0.15) is 0 Å². The summed E-state index contributed by atoms with van der Waals surface area (Å²) in [7, 11) is 0. The van der Waals surface area contributed by atoms with Crippen LogP contribution >= 0.6 is 27.3 Å². The van der Waals surface area contributed by atoms with E-state index in [0.717, 1.165) is 15.6 Å². The summed E-state index contributed by atoms with van der Waals surface area (Å²) in [5, 5.41) is 2.52. The van der Waals surface area contributed by atoms with E-state index in [4.69, 9.17) is 9.15 Å². The number of carbonyl (C=O) groups is 1. The average molecular weight is 459 g/mol. The van der Waals surface area contributed by atoms with Gasteiger partial charge in [-0.3, -0.25) is 9.36 Å². The molecule has 6 nitrogen and oxygen atoms in total. The van der Waals surface area contributed by atoms with Gasteiger partial charge in [0.05, 0.1) is 24.9 Å². The smallest absolute Gasteiger partial charge is 0.374 e. The first-order valence-electron chi connectivity index (χ1n) is 8.55. The number of carbonyl (C=O) groups excluding carboxylic acids is 1. The van der Waals surface area contributed by atoms with Crippen LogP contribution in [0.5, 0.6) is 0 Å². The quantitative estimate of drug-likeness (QED) is 0.405. The van der Waals surface area contributed by atoms with E-state index >= 15 is 0 Å². The zero-order valence-electron chi connectivity index (χ0n) is 14.8. The molecule has 4 aromatic rings.